The number of para-hydroxylation sites is 2. The van der Waals surface area contributed by atoms with Gasteiger partial charge in [-0.3, -0.25) is 9.59 Å². The molecule has 6 heteroatoms. The van der Waals surface area contributed by atoms with E-state index in [0.29, 0.717) is 18.6 Å². The third-order valence-corrected chi connectivity index (χ3v) is 5.37. The Labute approximate surface area is 163 Å². The molecule has 2 aromatic heterocycles. The fourth-order valence-electron chi connectivity index (χ4n) is 3.95. The highest BCUT2D eigenvalue weighted by atomic mass is 16.2. The van der Waals surface area contributed by atoms with Gasteiger partial charge in [-0.05, 0) is 50.7 Å². The van der Waals surface area contributed by atoms with Crippen LogP contribution < -0.4 is 10.9 Å². The highest BCUT2D eigenvalue weighted by Crippen LogP contribution is 2.19. The van der Waals surface area contributed by atoms with Gasteiger partial charge in [-0.1, -0.05) is 30.7 Å². The summed E-state index contributed by atoms with van der Waals surface area (Å²) in [5.74, 6) is -0.231. The first-order valence-electron chi connectivity index (χ1n) is 10.2. The van der Waals surface area contributed by atoms with Crippen molar-refractivity contribution in [3.8, 4) is 0 Å². The molecule has 0 radical (unpaired) electrons. The zero-order valence-electron chi connectivity index (χ0n) is 16.3. The minimum Gasteiger partial charge on any atom is -0.350 e. The number of allylic oxidation sites excluding steroid dienone is 1. The Balaban J connectivity index is 1.62. The molecule has 0 atom stereocenters. The molecule has 2 heterocycles. The van der Waals surface area contributed by atoms with Gasteiger partial charge in [0.25, 0.3) is 11.5 Å². The van der Waals surface area contributed by atoms with Gasteiger partial charge in [-0.2, -0.15) is 5.10 Å². The predicted molar refractivity (Wildman–Crippen MR) is 111 cm³/mol. The van der Waals surface area contributed by atoms with Crippen LogP contribution in [0.1, 0.15) is 55.9 Å². The van der Waals surface area contributed by atoms with Crippen molar-refractivity contribution in [2.75, 3.05) is 6.54 Å². The zero-order valence-corrected chi connectivity index (χ0v) is 16.3. The molecule has 1 N–H and O–H groups in total. The van der Waals surface area contributed by atoms with Crippen LogP contribution in [0.25, 0.3) is 16.6 Å². The van der Waals surface area contributed by atoms with E-state index in [0.717, 1.165) is 36.7 Å². The van der Waals surface area contributed by atoms with Gasteiger partial charge in [0.1, 0.15) is 5.52 Å². The Bertz CT molecular complexity index is 1110. The van der Waals surface area contributed by atoms with Crippen LogP contribution in [0.15, 0.2) is 46.8 Å². The number of nitrogens with one attached hydrogen (secondary N) is 1. The number of carbonyl (C=O) groups is 1. The summed E-state index contributed by atoms with van der Waals surface area (Å²) in [4.78, 5) is 25.6. The third-order valence-electron chi connectivity index (χ3n) is 5.37. The molecule has 1 aliphatic rings. The van der Waals surface area contributed by atoms with E-state index < -0.39 is 0 Å². The van der Waals surface area contributed by atoms with Crippen LogP contribution >= 0.6 is 0 Å². The Morgan fingerprint density at radius 2 is 2.00 bits per heavy atom. The number of carbonyl (C=O) groups excluding carboxylic acids is 1. The molecule has 4 rings (SSSR count). The normalized spacial score (nSPS) is 14.4. The first kappa shape index (κ1) is 18.5. The van der Waals surface area contributed by atoms with Crippen LogP contribution in [0.3, 0.4) is 0 Å². The van der Waals surface area contributed by atoms with E-state index in [1.54, 1.807) is 15.1 Å². The summed E-state index contributed by atoms with van der Waals surface area (Å²) in [6.07, 6.45) is 8.82. The van der Waals surface area contributed by atoms with Crippen molar-refractivity contribution in [3.05, 3.63) is 58.0 Å². The molecule has 0 aliphatic heterocycles. The van der Waals surface area contributed by atoms with Crippen molar-refractivity contribution in [2.24, 2.45) is 0 Å². The number of fused-ring (bicyclic) bond motifs is 3. The predicted octanol–water partition coefficient (Wildman–Crippen LogP) is 3.68. The first-order chi connectivity index (χ1) is 13.7. The number of benzene rings is 1. The van der Waals surface area contributed by atoms with E-state index in [9.17, 15) is 9.59 Å². The maximum absolute atomic E-state index is 13.0. The molecular formula is C22H26N4O2. The maximum Gasteiger partial charge on any atom is 0.277 e. The average molecular weight is 378 g/mol. The molecular weight excluding hydrogens is 352 g/mol. The number of aryl methyl sites for hydroxylation is 1. The van der Waals surface area contributed by atoms with Gasteiger partial charge in [-0.25, -0.2) is 4.52 Å². The molecule has 0 unspecified atom stereocenters. The number of rotatable bonds is 6. The standard InChI is InChI=1S/C22H26N4O2/c1-2-14-25-18-10-6-7-11-19(18)26-20(22(25)28)15-17(24-26)21(27)23-13-12-16-8-4-3-5-9-16/h6-8,10-11,15H,2-5,9,12-14H2,1H3,(H,23,27). The van der Waals surface area contributed by atoms with Gasteiger partial charge < -0.3 is 9.88 Å². The smallest absolute Gasteiger partial charge is 0.277 e. The first-order valence-corrected chi connectivity index (χ1v) is 10.2. The molecule has 1 aliphatic carbocycles. The van der Waals surface area contributed by atoms with Crippen LogP contribution in [-0.2, 0) is 6.54 Å². The van der Waals surface area contributed by atoms with Crippen LogP contribution in [0.2, 0.25) is 0 Å². The lowest BCUT2D eigenvalue weighted by Gasteiger charge is -2.12. The molecule has 3 aromatic rings. The lowest BCUT2D eigenvalue weighted by Crippen LogP contribution is -2.25. The number of nitrogens with zero attached hydrogens (tertiary/aromatic N) is 3. The molecule has 1 amide bonds. The third kappa shape index (κ3) is 3.46. The molecule has 0 spiro atoms. The molecule has 28 heavy (non-hydrogen) atoms. The lowest BCUT2D eigenvalue weighted by molar-refractivity contribution is 0.0949. The van der Waals surface area contributed by atoms with Crippen molar-refractivity contribution in [2.45, 2.75) is 52.0 Å². The molecule has 146 valence electrons. The van der Waals surface area contributed by atoms with Gasteiger partial charge in [0, 0.05) is 19.2 Å². The largest absolute Gasteiger partial charge is 0.350 e. The molecule has 1 aromatic carbocycles. The van der Waals surface area contributed by atoms with Gasteiger partial charge in [0.05, 0.1) is 11.0 Å². The van der Waals surface area contributed by atoms with E-state index in [1.807, 2.05) is 31.2 Å². The van der Waals surface area contributed by atoms with Crippen molar-refractivity contribution >= 4 is 22.5 Å². The second-order valence-electron chi connectivity index (χ2n) is 7.39. The summed E-state index contributed by atoms with van der Waals surface area (Å²) in [5, 5.41) is 7.40. The maximum atomic E-state index is 13.0. The molecule has 0 bridgehead atoms. The Hall–Kier alpha value is -2.89. The minimum absolute atomic E-state index is 0.112. The van der Waals surface area contributed by atoms with Crippen LogP contribution in [0.4, 0.5) is 0 Å². The second kappa shape index (κ2) is 8.00. The topological polar surface area (TPSA) is 68.4 Å². The fraction of sp³-hybridized carbons (Fsp3) is 0.409. The Kier molecular flexibility index (Phi) is 5.28. The minimum atomic E-state index is -0.231. The molecule has 0 fully saturated rings. The number of amides is 1. The van der Waals surface area contributed by atoms with Crippen LogP contribution in [-0.4, -0.2) is 26.6 Å². The summed E-state index contributed by atoms with van der Waals surface area (Å²) in [6.45, 7) is 3.28. The summed E-state index contributed by atoms with van der Waals surface area (Å²) < 4.78 is 3.37. The van der Waals surface area contributed by atoms with Gasteiger partial charge >= 0.3 is 0 Å². The quantitative estimate of drug-likeness (QED) is 0.665. The van der Waals surface area contributed by atoms with E-state index in [2.05, 4.69) is 16.5 Å². The number of aromatic nitrogens is 3. The van der Waals surface area contributed by atoms with E-state index in [-0.39, 0.29) is 17.2 Å². The molecule has 6 nitrogen and oxygen atoms in total. The zero-order chi connectivity index (χ0) is 19.5. The Morgan fingerprint density at radius 1 is 1.18 bits per heavy atom. The summed E-state index contributed by atoms with van der Waals surface area (Å²) in [7, 11) is 0. The summed E-state index contributed by atoms with van der Waals surface area (Å²) in [6, 6.07) is 9.29. The molecule has 0 saturated carbocycles. The second-order valence-corrected chi connectivity index (χ2v) is 7.39. The van der Waals surface area contributed by atoms with Crippen molar-refractivity contribution in [1.82, 2.24) is 19.5 Å². The van der Waals surface area contributed by atoms with E-state index in [4.69, 9.17) is 0 Å². The SMILES string of the molecule is CCCn1c(=O)c2cc(C(=O)NCCC3=CCCCC3)nn2c2ccccc21. The monoisotopic (exact) mass is 378 g/mol. The highest BCUT2D eigenvalue weighted by molar-refractivity contribution is 5.94. The van der Waals surface area contributed by atoms with Crippen LogP contribution in [0, 0.1) is 0 Å². The fourth-order valence-corrected chi connectivity index (χ4v) is 3.95. The van der Waals surface area contributed by atoms with Crippen molar-refractivity contribution < 1.29 is 4.79 Å². The average Bonchev–Trinajstić information content (AvgIpc) is 3.18. The lowest BCUT2D eigenvalue weighted by atomic mass is 9.97. The van der Waals surface area contributed by atoms with Gasteiger partial charge in [0.15, 0.2) is 5.69 Å². The molecule has 0 saturated heterocycles. The summed E-state index contributed by atoms with van der Waals surface area (Å²) in [5.41, 5.74) is 3.70. The van der Waals surface area contributed by atoms with Crippen molar-refractivity contribution in [3.63, 3.8) is 0 Å². The number of hydrogen-bond donors (Lipinski definition) is 1. The Morgan fingerprint density at radius 3 is 2.75 bits per heavy atom. The van der Waals surface area contributed by atoms with Crippen molar-refractivity contribution in [1.29, 1.82) is 0 Å². The highest BCUT2D eigenvalue weighted by Gasteiger charge is 2.17. The summed E-state index contributed by atoms with van der Waals surface area (Å²) >= 11 is 0. The number of hydrogen-bond acceptors (Lipinski definition) is 3. The van der Waals surface area contributed by atoms with E-state index >= 15 is 0 Å². The van der Waals surface area contributed by atoms with Gasteiger partial charge in [0.2, 0.25) is 0 Å². The van der Waals surface area contributed by atoms with Gasteiger partial charge in [-0.15, -0.1) is 0 Å². The van der Waals surface area contributed by atoms with Crippen LogP contribution in [0.5, 0.6) is 0 Å². The van der Waals surface area contributed by atoms with E-state index in [1.165, 1.54) is 18.4 Å².